The Morgan fingerprint density at radius 2 is 1.68 bits per heavy atom. The molecular formula is C15H16Cl2N2O2S. The molecule has 0 bridgehead atoms. The van der Waals surface area contributed by atoms with Crippen molar-refractivity contribution in [3.8, 4) is 0 Å². The van der Waals surface area contributed by atoms with Crippen LogP contribution in [0.1, 0.15) is 5.56 Å². The van der Waals surface area contributed by atoms with Crippen LogP contribution in [0.3, 0.4) is 0 Å². The molecule has 0 saturated carbocycles. The highest BCUT2D eigenvalue weighted by molar-refractivity contribution is 7.89. The van der Waals surface area contributed by atoms with Crippen molar-refractivity contribution in [3.63, 3.8) is 0 Å². The van der Waals surface area contributed by atoms with Crippen LogP contribution in [-0.4, -0.2) is 26.8 Å². The molecule has 0 aromatic heterocycles. The molecule has 0 unspecified atom stereocenters. The highest BCUT2D eigenvalue weighted by Crippen LogP contribution is 2.23. The minimum Gasteiger partial charge on any atom is -0.381 e. The minimum atomic E-state index is -3.43. The standard InChI is InChI=1S/C15H16Cl2N2O2S/c1-19(2)22(20,21)15-5-3-4-11(6-15)10-18-14-8-12(16)7-13(17)9-14/h3-9,18H,10H2,1-2H3. The summed E-state index contributed by atoms with van der Waals surface area (Å²) in [5, 5.41) is 4.25. The van der Waals surface area contributed by atoms with Gasteiger partial charge in [-0.15, -0.1) is 0 Å². The Balaban J connectivity index is 2.18. The number of halogens is 2. The van der Waals surface area contributed by atoms with E-state index >= 15 is 0 Å². The van der Waals surface area contributed by atoms with Crippen molar-refractivity contribution in [2.75, 3.05) is 19.4 Å². The normalized spacial score (nSPS) is 11.7. The fraction of sp³-hybridized carbons (Fsp3) is 0.200. The van der Waals surface area contributed by atoms with E-state index in [0.29, 0.717) is 16.6 Å². The van der Waals surface area contributed by atoms with Crippen LogP contribution in [0.25, 0.3) is 0 Å². The lowest BCUT2D eigenvalue weighted by Crippen LogP contribution is -2.22. The molecule has 0 heterocycles. The van der Waals surface area contributed by atoms with Crippen molar-refractivity contribution in [3.05, 3.63) is 58.1 Å². The third-order valence-corrected chi connectivity index (χ3v) is 5.28. The van der Waals surface area contributed by atoms with Gasteiger partial charge in [-0.05, 0) is 35.9 Å². The van der Waals surface area contributed by atoms with Crippen LogP contribution in [0.2, 0.25) is 10.0 Å². The first-order valence-electron chi connectivity index (χ1n) is 6.50. The summed E-state index contributed by atoms with van der Waals surface area (Å²) in [6, 6.07) is 12.0. The summed E-state index contributed by atoms with van der Waals surface area (Å²) < 4.78 is 25.4. The Bertz CT molecular complexity index is 757. The number of anilines is 1. The molecule has 0 aliphatic rings. The number of benzene rings is 2. The molecule has 7 heteroatoms. The monoisotopic (exact) mass is 358 g/mol. The van der Waals surface area contributed by atoms with Gasteiger partial charge in [-0.2, -0.15) is 0 Å². The highest BCUT2D eigenvalue weighted by Gasteiger charge is 2.16. The molecule has 0 saturated heterocycles. The fourth-order valence-corrected chi connectivity index (χ4v) is 3.39. The van der Waals surface area contributed by atoms with Crippen LogP contribution in [0.5, 0.6) is 0 Å². The molecule has 1 N–H and O–H groups in total. The largest absolute Gasteiger partial charge is 0.381 e. The summed E-state index contributed by atoms with van der Waals surface area (Å²) in [6.07, 6.45) is 0. The van der Waals surface area contributed by atoms with Gasteiger partial charge in [-0.25, -0.2) is 12.7 Å². The minimum absolute atomic E-state index is 0.265. The number of rotatable bonds is 5. The van der Waals surface area contributed by atoms with Gasteiger partial charge in [0.15, 0.2) is 0 Å². The quantitative estimate of drug-likeness (QED) is 0.882. The number of hydrogen-bond donors (Lipinski definition) is 1. The molecule has 0 aliphatic carbocycles. The van der Waals surface area contributed by atoms with Crippen molar-refractivity contribution in [2.24, 2.45) is 0 Å². The molecular weight excluding hydrogens is 343 g/mol. The molecule has 22 heavy (non-hydrogen) atoms. The van der Waals surface area contributed by atoms with E-state index in [1.165, 1.54) is 18.4 Å². The Kier molecular flexibility index (Phi) is 5.34. The van der Waals surface area contributed by atoms with Crippen LogP contribution in [0.15, 0.2) is 47.4 Å². The second-order valence-electron chi connectivity index (χ2n) is 4.95. The van der Waals surface area contributed by atoms with Crippen LogP contribution in [0, 0.1) is 0 Å². The highest BCUT2D eigenvalue weighted by atomic mass is 35.5. The van der Waals surface area contributed by atoms with Gasteiger partial charge in [0.1, 0.15) is 0 Å². The van der Waals surface area contributed by atoms with Gasteiger partial charge in [0.25, 0.3) is 0 Å². The Morgan fingerprint density at radius 3 is 2.27 bits per heavy atom. The first-order valence-corrected chi connectivity index (χ1v) is 8.70. The van der Waals surface area contributed by atoms with E-state index in [1.54, 1.807) is 36.4 Å². The first kappa shape index (κ1) is 17.1. The zero-order valence-electron chi connectivity index (χ0n) is 12.2. The summed E-state index contributed by atoms with van der Waals surface area (Å²) in [4.78, 5) is 0.265. The molecule has 2 aromatic rings. The topological polar surface area (TPSA) is 49.4 Å². The second kappa shape index (κ2) is 6.87. The SMILES string of the molecule is CN(C)S(=O)(=O)c1cccc(CNc2cc(Cl)cc(Cl)c2)c1. The van der Waals surface area contributed by atoms with Gasteiger partial charge in [-0.1, -0.05) is 35.3 Å². The predicted octanol–water partition coefficient (Wildman–Crippen LogP) is 3.86. The van der Waals surface area contributed by atoms with Crippen LogP contribution in [0.4, 0.5) is 5.69 Å². The van der Waals surface area contributed by atoms with Gasteiger partial charge in [0.05, 0.1) is 4.90 Å². The molecule has 0 spiro atoms. The number of nitrogens with zero attached hydrogens (tertiary/aromatic N) is 1. The number of sulfonamides is 1. The van der Waals surface area contributed by atoms with E-state index in [4.69, 9.17) is 23.2 Å². The Labute approximate surface area is 140 Å². The first-order chi connectivity index (χ1) is 10.3. The fourth-order valence-electron chi connectivity index (χ4n) is 1.89. The molecule has 118 valence electrons. The van der Waals surface area contributed by atoms with Crippen molar-refractivity contribution in [1.29, 1.82) is 0 Å². The molecule has 0 aliphatic heterocycles. The molecule has 2 rings (SSSR count). The number of hydrogen-bond acceptors (Lipinski definition) is 3. The van der Waals surface area contributed by atoms with E-state index < -0.39 is 10.0 Å². The lowest BCUT2D eigenvalue weighted by Gasteiger charge is -2.13. The second-order valence-corrected chi connectivity index (χ2v) is 7.97. The molecule has 0 radical (unpaired) electrons. The van der Waals surface area contributed by atoms with Gasteiger partial charge in [0.2, 0.25) is 10.0 Å². The maximum absolute atomic E-state index is 12.1. The number of nitrogens with one attached hydrogen (secondary N) is 1. The van der Waals surface area contributed by atoms with E-state index in [2.05, 4.69) is 5.32 Å². The van der Waals surface area contributed by atoms with E-state index in [0.717, 1.165) is 11.3 Å². The van der Waals surface area contributed by atoms with Gasteiger partial charge in [-0.3, -0.25) is 0 Å². The molecule has 2 aromatic carbocycles. The average Bonchev–Trinajstić information content (AvgIpc) is 2.44. The third kappa shape index (κ3) is 4.14. The maximum Gasteiger partial charge on any atom is 0.242 e. The third-order valence-electron chi connectivity index (χ3n) is 3.04. The lowest BCUT2D eigenvalue weighted by atomic mass is 10.2. The summed E-state index contributed by atoms with van der Waals surface area (Å²) >= 11 is 11.9. The van der Waals surface area contributed by atoms with Gasteiger partial charge >= 0.3 is 0 Å². The van der Waals surface area contributed by atoms with Crippen molar-refractivity contribution < 1.29 is 8.42 Å². The van der Waals surface area contributed by atoms with Gasteiger partial charge in [0, 0.05) is 36.4 Å². The van der Waals surface area contributed by atoms with Crippen LogP contribution in [-0.2, 0) is 16.6 Å². The van der Waals surface area contributed by atoms with E-state index in [9.17, 15) is 8.42 Å². The Hall–Kier alpha value is -1.27. The molecule has 0 amide bonds. The predicted molar refractivity (Wildman–Crippen MR) is 91.1 cm³/mol. The smallest absolute Gasteiger partial charge is 0.242 e. The summed E-state index contributed by atoms with van der Waals surface area (Å²) in [5.41, 5.74) is 1.62. The maximum atomic E-state index is 12.1. The molecule has 0 atom stereocenters. The molecule has 4 nitrogen and oxygen atoms in total. The summed E-state index contributed by atoms with van der Waals surface area (Å²) in [7, 11) is -0.416. The average molecular weight is 359 g/mol. The Morgan fingerprint density at radius 1 is 1.05 bits per heavy atom. The van der Waals surface area contributed by atoms with Crippen molar-refractivity contribution in [1.82, 2.24) is 4.31 Å². The lowest BCUT2D eigenvalue weighted by molar-refractivity contribution is 0.520. The van der Waals surface area contributed by atoms with Crippen molar-refractivity contribution in [2.45, 2.75) is 11.4 Å². The van der Waals surface area contributed by atoms with E-state index in [1.807, 2.05) is 6.07 Å². The molecule has 0 fully saturated rings. The van der Waals surface area contributed by atoms with E-state index in [-0.39, 0.29) is 4.90 Å². The van der Waals surface area contributed by atoms with Crippen molar-refractivity contribution >= 4 is 38.9 Å². The summed E-state index contributed by atoms with van der Waals surface area (Å²) in [5.74, 6) is 0. The summed E-state index contributed by atoms with van der Waals surface area (Å²) in [6.45, 7) is 0.466. The van der Waals surface area contributed by atoms with Gasteiger partial charge < -0.3 is 5.32 Å². The van der Waals surface area contributed by atoms with Crippen LogP contribution < -0.4 is 5.32 Å². The zero-order chi connectivity index (χ0) is 16.3. The zero-order valence-corrected chi connectivity index (χ0v) is 14.5. The van der Waals surface area contributed by atoms with Crippen LogP contribution >= 0.6 is 23.2 Å².